The first kappa shape index (κ1) is 26.5. The Morgan fingerprint density at radius 3 is 2.22 bits per heavy atom. The zero-order chi connectivity index (χ0) is 26.6. The molecule has 194 valence electrons. The molecule has 1 heterocycles. The molecule has 3 aromatic rings. The van der Waals surface area contributed by atoms with E-state index in [-0.39, 0.29) is 17.9 Å². The van der Waals surface area contributed by atoms with Crippen LogP contribution in [0.5, 0.6) is 0 Å². The minimum atomic E-state index is -0.427. The zero-order valence-corrected chi connectivity index (χ0v) is 22.2. The Morgan fingerprint density at radius 1 is 0.973 bits per heavy atom. The van der Waals surface area contributed by atoms with E-state index in [4.69, 9.17) is 5.73 Å². The van der Waals surface area contributed by atoms with Gasteiger partial charge < -0.3 is 16.0 Å². The number of nitrogens with one attached hydrogen (secondary N) is 1. The van der Waals surface area contributed by atoms with Crippen molar-refractivity contribution in [2.45, 2.75) is 64.5 Å². The van der Waals surface area contributed by atoms with E-state index in [2.05, 4.69) is 15.5 Å². The van der Waals surface area contributed by atoms with Crippen molar-refractivity contribution < 1.29 is 9.59 Å². The van der Waals surface area contributed by atoms with Crippen molar-refractivity contribution in [3.05, 3.63) is 66.2 Å². The van der Waals surface area contributed by atoms with E-state index in [0.29, 0.717) is 18.2 Å². The normalized spacial score (nSPS) is 17.8. The molecule has 4 rings (SSSR count). The third kappa shape index (κ3) is 6.60. The Bertz CT molecular complexity index is 1230. The van der Waals surface area contributed by atoms with Gasteiger partial charge in [-0.3, -0.25) is 9.59 Å². The third-order valence-corrected chi connectivity index (χ3v) is 7.38. The van der Waals surface area contributed by atoms with Gasteiger partial charge in [-0.05, 0) is 62.6 Å². The summed E-state index contributed by atoms with van der Waals surface area (Å²) < 4.78 is 0. The van der Waals surface area contributed by atoms with Gasteiger partial charge in [0.15, 0.2) is 5.82 Å². The first-order chi connectivity index (χ1) is 17.6. The van der Waals surface area contributed by atoms with Crippen molar-refractivity contribution in [3.63, 3.8) is 0 Å². The molecule has 2 amide bonds. The van der Waals surface area contributed by atoms with Crippen LogP contribution in [0.25, 0.3) is 22.4 Å². The summed E-state index contributed by atoms with van der Waals surface area (Å²) >= 11 is 0. The molecule has 7 heteroatoms. The summed E-state index contributed by atoms with van der Waals surface area (Å²) in [5.74, 6) is 0.788. The summed E-state index contributed by atoms with van der Waals surface area (Å²) in [5.41, 5.74) is 10.4. The summed E-state index contributed by atoms with van der Waals surface area (Å²) in [4.78, 5) is 26.4. The van der Waals surface area contributed by atoms with Gasteiger partial charge in [-0.15, -0.1) is 10.2 Å². The van der Waals surface area contributed by atoms with Gasteiger partial charge in [-0.25, -0.2) is 0 Å². The molecular weight excluding hydrogens is 462 g/mol. The summed E-state index contributed by atoms with van der Waals surface area (Å²) in [5, 5.41) is 11.8. The number of hydrogen-bond donors (Lipinski definition) is 2. The van der Waals surface area contributed by atoms with Crippen LogP contribution >= 0.6 is 0 Å². The molecule has 1 aromatic heterocycles. The molecular formula is C30H37N5O2. The van der Waals surface area contributed by atoms with Gasteiger partial charge in [0, 0.05) is 43.1 Å². The lowest BCUT2D eigenvalue weighted by molar-refractivity contribution is -0.130. The molecule has 0 spiro atoms. The smallest absolute Gasteiger partial charge is 0.225 e. The second kappa shape index (κ2) is 11.2. The maximum absolute atomic E-state index is 12.9. The Balaban J connectivity index is 1.49. The Labute approximate surface area is 219 Å². The van der Waals surface area contributed by atoms with Crippen molar-refractivity contribution in [1.29, 1.82) is 0 Å². The largest absolute Gasteiger partial charge is 0.343 e. The molecule has 1 aliphatic rings. The Morgan fingerprint density at radius 2 is 1.62 bits per heavy atom. The molecule has 0 radical (unpaired) electrons. The quantitative estimate of drug-likeness (QED) is 0.455. The fraction of sp³-hybridized carbons (Fsp3) is 0.400. The second-order valence-corrected chi connectivity index (χ2v) is 10.7. The van der Waals surface area contributed by atoms with Crippen LogP contribution in [0.3, 0.4) is 0 Å². The first-order valence-electron chi connectivity index (χ1n) is 13.0. The average Bonchev–Trinajstić information content (AvgIpc) is 2.88. The highest BCUT2D eigenvalue weighted by Crippen LogP contribution is 2.33. The maximum atomic E-state index is 12.9. The number of nitrogens with two attached hydrogens (primary N) is 1. The van der Waals surface area contributed by atoms with Crippen molar-refractivity contribution in [2.75, 3.05) is 12.4 Å². The number of benzene rings is 2. The van der Waals surface area contributed by atoms with E-state index in [1.54, 1.807) is 6.92 Å². The van der Waals surface area contributed by atoms with E-state index in [9.17, 15) is 9.59 Å². The topological polar surface area (TPSA) is 101 Å². The number of rotatable bonds is 7. The second-order valence-electron chi connectivity index (χ2n) is 10.7. The molecule has 1 saturated carbocycles. The van der Waals surface area contributed by atoms with Gasteiger partial charge in [0.05, 0.1) is 0 Å². The van der Waals surface area contributed by atoms with Crippen LogP contribution in [0.1, 0.15) is 58.4 Å². The van der Waals surface area contributed by atoms with Gasteiger partial charge in [-0.2, -0.15) is 0 Å². The molecule has 0 saturated heterocycles. The molecule has 0 aliphatic heterocycles. The summed E-state index contributed by atoms with van der Waals surface area (Å²) in [6.45, 7) is 5.56. The highest BCUT2D eigenvalue weighted by Gasteiger charge is 2.26. The lowest BCUT2D eigenvalue weighted by atomic mass is 9.83. The van der Waals surface area contributed by atoms with Crippen molar-refractivity contribution in [2.24, 2.45) is 11.7 Å². The van der Waals surface area contributed by atoms with Crippen LogP contribution in [0.2, 0.25) is 0 Å². The van der Waals surface area contributed by atoms with Gasteiger partial charge >= 0.3 is 0 Å². The molecule has 3 N–H and O–H groups in total. The predicted molar refractivity (Wildman–Crippen MR) is 148 cm³/mol. The van der Waals surface area contributed by atoms with Crippen LogP contribution in [0, 0.1) is 5.92 Å². The van der Waals surface area contributed by atoms with Gasteiger partial charge in [0.2, 0.25) is 11.8 Å². The van der Waals surface area contributed by atoms with E-state index in [1.165, 1.54) is 0 Å². The number of aromatic nitrogens is 2. The minimum absolute atomic E-state index is 0.0565. The predicted octanol–water partition coefficient (Wildman–Crippen LogP) is 5.37. The standard InChI is InChI=1S/C30H37N5O2/c1-20(36)35(4)25-16-10-21(11-17-25)18-28(37)32-27-19-26(22-8-6-5-7-9-22)29(34-33-27)23-12-14-24(15-13-23)30(2,3)31/h5-9,12-15,19,21,25H,10-11,16-18,31H2,1-4H3,(H,32,33,37). The zero-order valence-electron chi connectivity index (χ0n) is 22.2. The molecule has 1 aliphatic carbocycles. The number of carbonyl (C=O) groups is 2. The fourth-order valence-electron chi connectivity index (χ4n) is 5.01. The minimum Gasteiger partial charge on any atom is -0.343 e. The molecule has 0 atom stereocenters. The lowest BCUT2D eigenvalue weighted by Crippen LogP contribution is -2.38. The maximum Gasteiger partial charge on any atom is 0.225 e. The Hall–Kier alpha value is -3.58. The van der Waals surface area contributed by atoms with E-state index in [0.717, 1.165) is 53.6 Å². The Kier molecular flexibility index (Phi) is 8.03. The van der Waals surface area contributed by atoms with Crippen LogP contribution in [0.15, 0.2) is 60.7 Å². The number of amides is 2. The third-order valence-electron chi connectivity index (χ3n) is 7.38. The molecule has 2 aromatic carbocycles. The number of hydrogen-bond acceptors (Lipinski definition) is 5. The number of nitrogens with zero attached hydrogens (tertiary/aromatic N) is 3. The SMILES string of the molecule is CC(=O)N(C)C1CCC(CC(=O)Nc2cc(-c3ccccc3)c(-c3ccc(C(C)(C)N)cc3)nn2)CC1. The average molecular weight is 500 g/mol. The molecule has 0 bridgehead atoms. The molecule has 7 nitrogen and oxygen atoms in total. The fourth-order valence-corrected chi connectivity index (χ4v) is 5.01. The van der Waals surface area contributed by atoms with Crippen molar-refractivity contribution in [1.82, 2.24) is 15.1 Å². The highest BCUT2D eigenvalue weighted by molar-refractivity contribution is 5.91. The molecule has 37 heavy (non-hydrogen) atoms. The van der Waals surface area contributed by atoms with Crippen molar-refractivity contribution in [3.8, 4) is 22.4 Å². The van der Waals surface area contributed by atoms with Crippen molar-refractivity contribution >= 4 is 17.6 Å². The van der Waals surface area contributed by atoms with Gasteiger partial charge in [0.25, 0.3) is 0 Å². The summed E-state index contributed by atoms with van der Waals surface area (Å²) in [6, 6.07) is 20.2. The highest BCUT2D eigenvalue weighted by atomic mass is 16.2. The van der Waals surface area contributed by atoms with Crippen LogP contribution in [0.4, 0.5) is 5.82 Å². The summed E-state index contributed by atoms with van der Waals surface area (Å²) in [7, 11) is 1.86. The van der Waals surface area contributed by atoms with Gasteiger partial charge in [-0.1, -0.05) is 54.6 Å². The lowest BCUT2D eigenvalue weighted by Gasteiger charge is -2.34. The van der Waals surface area contributed by atoms with E-state index < -0.39 is 5.54 Å². The number of carbonyl (C=O) groups excluding carboxylic acids is 2. The van der Waals surface area contributed by atoms with Crippen LogP contribution in [-0.2, 0) is 15.1 Å². The van der Waals surface area contributed by atoms with Crippen LogP contribution in [-0.4, -0.2) is 40.0 Å². The first-order valence-corrected chi connectivity index (χ1v) is 13.0. The van der Waals surface area contributed by atoms with Gasteiger partial charge in [0.1, 0.15) is 5.69 Å². The number of anilines is 1. The van der Waals surface area contributed by atoms with E-state index in [1.807, 2.05) is 86.5 Å². The monoisotopic (exact) mass is 499 g/mol. The van der Waals surface area contributed by atoms with E-state index >= 15 is 0 Å². The summed E-state index contributed by atoms with van der Waals surface area (Å²) in [6.07, 6.45) is 4.18. The molecule has 0 unspecified atom stereocenters. The van der Waals surface area contributed by atoms with Crippen LogP contribution < -0.4 is 11.1 Å². The molecule has 1 fully saturated rings.